The average Bonchev–Trinajstić information content (AvgIpc) is 3.18. The SMILES string of the molecule is COc1ccc(Nc2nsc(S(=O)(=O)CC3COc4ccccc4O3)n2)cc1. The Morgan fingerprint density at radius 2 is 1.93 bits per heavy atom. The summed E-state index contributed by atoms with van der Waals surface area (Å²) in [5.74, 6) is 1.85. The van der Waals surface area contributed by atoms with Gasteiger partial charge in [-0.05, 0) is 36.4 Å². The van der Waals surface area contributed by atoms with E-state index < -0.39 is 15.9 Å². The summed E-state index contributed by atoms with van der Waals surface area (Å²) >= 11 is 0.825. The van der Waals surface area contributed by atoms with Gasteiger partial charge in [0.1, 0.15) is 18.5 Å². The van der Waals surface area contributed by atoms with Crippen LogP contribution in [0.5, 0.6) is 17.2 Å². The van der Waals surface area contributed by atoms with Crippen LogP contribution in [0.1, 0.15) is 0 Å². The molecule has 1 aliphatic heterocycles. The summed E-state index contributed by atoms with van der Waals surface area (Å²) in [6, 6.07) is 14.3. The number of ether oxygens (including phenoxy) is 3. The summed E-state index contributed by atoms with van der Waals surface area (Å²) < 4.78 is 45.8. The van der Waals surface area contributed by atoms with E-state index in [1.54, 1.807) is 49.6 Å². The van der Waals surface area contributed by atoms with Gasteiger partial charge in [0.05, 0.1) is 12.9 Å². The number of nitrogens with one attached hydrogen (secondary N) is 1. The molecule has 2 aromatic carbocycles. The van der Waals surface area contributed by atoms with Gasteiger partial charge in [-0.25, -0.2) is 8.42 Å². The largest absolute Gasteiger partial charge is 0.497 e. The molecule has 0 radical (unpaired) electrons. The van der Waals surface area contributed by atoms with E-state index in [1.165, 1.54) is 0 Å². The zero-order chi connectivity index (χ0) is 19.6. The Hall–Kier alpha value is -2.85. The van der Waals surface area contributed by atoms with Crippen molar-refractivity contribution < 1.29 is 22.6 Å². The number of fused-ring (bicyclic) bond motifs is 1. The minimum Gasteiger partial charge on any atom is -0.497 e. The lowest BCUT2D eigenvalue weighted by Gasteiger charge is -2.25. The number of sulfone groups is 1. The van der Waals surface area contributed by atoms with Gasteiger partial charge in [0.15, 0.2) is 11.5 Å². The van der Waals surface area contributed by atoms with Crippen LogP contribution >= 0.6 is 11.5 Å². The van der Waals surface area contributed by atoms with Crippen LogP contribution in [0.2, 0.25) is 0 Å². The molecule has 1 aliphatic rings. The minimum absolute atomic E-state index is 0.0639. The van der Waals surface area contributed by atoms with Crippen LogP contribution < -0.4 is 19.5 Å². The van der Waals surface area contributed by atoms with Gasteiger partial charge in [0, 0.05) is 17.2 Å². The fourth-order valence-electron chi connectivity index (χ4n) is 2.65. The van der Waals surface area contributed by atoms with Crippen LogP contribution in [0.4, 0.5) is 11.6 Å². The molecule has 10 heteroatoms. The van der Waals surface area contributed by atoms with Crippen molar-refractivity contribution in [3.63, 3.8) is 0 Å². The van der Waals surface area contributed by atoms with Gasteiger partial charge < -0.3 is 19.5 Å². The van der Waals surface area contributed by atoms with Crippen LogP contribution in [-0.2, 0) is 9.84 Å². The zero-order valence-corrected chi connectivity index (χ0v) is 16.5. The highest BCUT2D eigenvalue weighted by Crippen LogP contribution is 2.32. The van der Waals surface area contributed by atoms with Crippen molar-refractivity contribution >= 4 is 33.0 Å². The molecule has 0 saturated carbocycles. The molecular formula is C18H17N3O5S2. The van der Waals surface area contributed by atoms with E-state index in [-0.39, 0.29) is 22.6 Å². The Kier molecular flexibility index (Phi) is 5.05. The second-order valence-electron chi connectivity index (χ2n) is 6.02. The number of anilines is 2. The maximum atomic E-state index is 12.7. The van der Waals surface area contributed by atoms with Crippen molar-refractivity contribution in [2.45, 2.75) is 10.4 Å². The van der Waals surface area contributed by atoms with Gasteiger partial charge in [-0.2, -0.15) is 9.36 Å². The van der Waals surface area contributed by atoms with E-state index in [9.17, 15) is 8.42 Å². The third-order valence-corrected chi connectivity index (χ3v) is 6.92. The molecule has 3 aromatic rings. The van der Waals surface area contributed by atoms with Gasteiger partial charge in [-0.1, -0.05) is 12.1 Å². The number of hydrogen-bond acceptors (Lipinski definition) is 9. The van der Waals surface area contributed by atoms with Crippen molar-refractivity contribution in [1.29, 1.82) is 0 Å². The fourth-order valence-corrected chi connectivity index (χ4v) is 4.82. The quantitative estimate of drug-likeness (QED) is 0.651. The molecule has 2 heterocycles. The topological polar surface area (TPSA) is 99.6 Å². The maximum absolute atomic E-state index is 12.7. The predicted octanol–water partition coefficient (Wildman–Crippen LogP) is 2.90. The molecule has 0 bridgehead atoms. The highest BCUT2D eigenvalue weighted by molar-refractivity contribution is 7.93. The third-order valence-electron chi connectivity index (χ3n) is 3.99. The lowest BCUT2D eigenvalue weighted by atomic mass is 10.3. The lowest BCUT2D eigenvalue weighted by molar-refractivity contribution is 0.106. The van der Waals surface area contributed by atoms with Crippen molar-refractivity contribution in [3.8, 4) is 17.2 Å². The molecule has 1 N–H and O–H groups in total. The summed E-state index contributed by atoms with van der Waals surface area (Å²) in [4.78, 5) is 4.11. The molecule has 1 atom stereocenters. The average molecular weight is 419 g/mol. The molecule has 0 saturated heterocycles. The van der Waals surface area contributed by atoms with Crippen LogP contribution in [0, 0.1) is 0 Å². The molecule has 4 rings (SSSR count). The minimum atomic E-state index is -3.66. The fraction of sp³-hybridized carbons (Fsp3) is 0.222. The molecular weight excluding hydrogens is 402 g/mol. The van der Waals surface area contributed by atoms with Gasteiger partial charge in [-0.3, -0.25) is 0 Å². The molecule has 8 nitrogen and oxygen atoms in total. The second kappa shape index (κ2) is 7.64. The molecule has 0 fully saturated rings. The third kappa shape index (κ3) is 4.02. The zero-order valence-electron chi connectivity index (χ0n) is 14.9. The van der Waals surface area contributed by atoms with Crippen molar-refractivity contribution in [1.82, 2.24) is 9.36 Å². The van der Waals surface area contributed by atoms with Crippen molar-refractivity contribution in [2.75, 3.05) is 24.8 Å². The number of benzene rings is 2. The van der Waals surface area contributed by atoms with Crippen LogP contribution in [0.3, 0.4) is 0 Å². The lowest BCUT2D eigenvalue weighted by Crippen LogP contribution is -2.35. The highest BCUT2D eigenvalue weighted by atomic mass is 32.2. The first-order valence-corrected chi connectivity index (χ1v) is 10.8. The highest BCUT2D eigenvalue weighted by Gasteiger charge is 2.30. The summed E-state index contributed by atoms with van der Waals surface area (Å²) in [7, 11) is -2.08. The van der Waals surface area contributed by atoms with E-state index in [2.05, 4.69) is 14.7 Å². The Morgan fingerprint density at radius 3 is 2.68 bits per heavy atom. The maximum Gasteiger partial charge on any atom is 0.240 e. The molecule has 1 unspecified atom stereocenters. The number of aromatic nitrogens is 2. The Labute approximate surface area is 166 Å². The molecule has 146 valence electrons. The van der Waals surface area contributed by atoms with E-state index in [4.69, 9.17) is 14.2 Å². The second-order valence-corrected chi connectivity index (χ2v) is 8.98. The van der Waals surface area contributed by atoms with E-state index in [1.807, 2.05) is 6.07 Å². The first kappa shape index (κ1) is 18.5. The number of methoxy groups -OCH3 is 1. The normalized spacial score (nSPS) is 15.8. The van der Waals surface area contributed by atoms with Crippen molar-refractivity contribution in [3.05, 3.63) is 48.5 Å². The van der Waals surface area contributed by atoms with Crippen molar-refractivity contribution in [2.24, 2.45) is 0 Å². The molecule has 0 aliphatic carbocycles. The Bertz CT molecular complexity index is 1070. The van der Waals surface area contributed by atoms with Gasteiger partial charge >= 0.3 is 0 Å². The molecule has 28 heavy (non-hydrogen) atoms. The van der Waals surface area contributed by atoms with E-state index in [0.717, 1.165) is 23.0 Å². The summed E-state index contributed by atoms with van der Waals surface area (Å²) in [6.07, 6.45) is -0.609. The summed E-state index contributed by atoms with van der Waals surface area (Å²) in [5, 5.41) is 2.98. The smallest absolute Gasteiger partial charge is 0.240 e. The van der Waals surface area contributed by atoms with E-state index in [0.29, 0.717) is 11.5 Å². The van der Waals surface area contributed by atoms with Crippen LogP contribution in [0.15, 0.2) is 52.9 Å². The first-order valence-electron chi connectivity index (χ1n) is 8.39. The molecule has 0 spiro atoms. The summed E-state index contributed by atoms with van der Waals surface area (Å²) in [5.41, 5.74) is 0.725. The first-order chi connectivity index (χ1) is 13.5. The standard InChI is InChI=1S/C18H17N3O5S2/c1-24-13-8-6-12(7-9-13)19-17-20-18(27-21-17)28(22,23)11-14-10-25-15-4-2-3-5-16(15)26-14/h2-9,14H,10-11H2,1H3,(H,19,21). The number of nitrogens with zero attached hydrogens (tertiary/aromatic N) is 2. The monoisotopic (exact) mass is 419 g/mol. The predicted molar refractivity (Wildman–Crippen MR) is 105 cm³/mol. The molecule has 0 amide bonds. The van der Waals surface area contributed by atoms with E-state index >= 15 is 0 Å². The summed E-state index contributed by atoms with van der Waals surface area (Å²) in [6.45, 7) is 0.159. The number of para-hydroxylation sites is 2. The van der Waals surface area contributed by atoms with Crippen LogP contribution in [-0.4, -0.2) is 43.3 Å². The Morgan fingerprint density at radius 1 is 1.18 bits per heavy atom. The number of hydrogen-bond donors (Lipinski definition) is 1. The number of rotatable bonds is 6. The van der Waals surface area contributed by atoms with Gasteiger partial charge in [0.25, 0.3) is 0 Å². The van der Waals surface area contributed by atoms with Gasteiger partial charge in [0.2, 0.25) is 20.1 Å². The molecule has 1 aromatic heterocycles. The Balaban J connectivity index is 1.43. The van der Waals surface area contributed by atoms with Crippen LogP contribution in [0.25, 0.3) is 0 Å². The van der Waals surface area contributed by atoms with Gasteiger partial charge in [-0.15, -0.1) is 0 Å².